The first-order valence-electron chi connectivity index (χ1n) is 3.42. The van der Waals surface area contributed by atoms with Crippen molar-refractivity contribution in [3.63, 3.8) is 0 Å². The number of allylic oxidation sites excluding steroid dienone is 2. The van der Waals surface area contributed by atoms with E-state index in [-0.39, 0.29) is 5.57 Å². The molecule has 70 valence electrons. The van der Waals surface area contributed by atoms with Gasteiger partial charge in [-0.1, -0.05) is 31.4 Å². The number of urea groups is 1. The molecule has 0 heterocycles. The van der Waals surface area contributed by atoms with Gasteiger partial charge in [-0.3, -0.25) is 15.5 Å². The fourth-order valence-corrected chi connectivity index (χ4v) is 0.575. The Morgan fingerprint density at radius 1 is 1.31 bits per heavy atom. The van der Waals surface area contributed by atoms with Crippen LogP contribution in [0.3, 0.4) is 0 Å². The van der Waals surface area contributed by atoms with Gasteiger partial charge in [0.15, 0.2) is 0 Å². The molecule has 0 saturated carbocycles. The van der Waals surface area contributed by atoms with Crippen LogP contribution in [0.2, 0.25) is 0 Å². The number of amides is 3. The first-order valence-corrected chi connectivity index (χ1v) is 3.42. The van der Waals surface area contributed by atoms with Gasteiger partial charge in [0.1, 0.15) is 0 Å². The van der Waals surface area contributed by atoms with Crippen LogP contribution < -0.4 is 16.6 Å². The average Bonchev–Trinajstić information content (AvgIpc) is 2.13. The molecule has 0 aromatic carbocycles. The molecule has 0 spiro atoms. The molecule has 0 aliphatic carbocycles. The molecular weight excluding hydrogens is 170 g/mol. The molecule has 0 fully saturated rings. The lowest BCUT2D eigenvalue weighted by molar-refractivity contribution is -0.116. The van der Waals surface area contributed by atoms with E-state index in [0.29, 0.717) is 0 Å². The zero-order valence-corrected chi connectivity index (χ0v) is 7.04. The molecule has 0 aliphatic rings. The van der Waals surface area contributed by atoms with Gasteiger partial charge >= 0.3 is 6.03 Å². The molecule has 0 bridgehead atoms. The summed E-state index contributed by atoms with van der Waals surface area (Å²) in [5.41, 5.74) is 1.99. The molecular formula is C8H11N3O2. The van der Waals surface area contributed by atoms with Crippen molar-refractivity contribution >= 4 is 11.9 Å². The Kier molecular flexibility index (Phi) is 4.90. The molecule has 0 unspecified atom stereocenters. The van der Waals surface area contributed by atoms with Gasteiger partial charge < -0.3 is 0 Å². The number of hydrogen-bond donors (Lipinski definition) is 3. The van der Waals surface area contributed by atoms with Gasteiger partial charge in [0.25, 0.3) is 5.91 Å². The van der Waals surface area contributed by atoms with Crippen molar-refractivity contribution in [1.29, 1.82) is 0 Å². The van der Waals surface area contributed by atoms with E-state index in [9.17, 15) is 9.59 Å². The van der Waals surface area contributed by atoms with Crippen molar-refractivity contribution in [2.24, 2.45) is 5.84 Å². The van der Waals surface area contributed by atoms with Gasteiger partial charge in [-0.05, 0) is 0 Å². The molecule has 0 aromatic rings. The van der Waals surface area contributed by atoms with Crippen molar-refractivity contribution in [3.8, 4) is 0 Å². The molecule has 0 atom stereocenters. The van der Waals surface area contributed by atoms with Crippen LogP contribution in [0.25, 0.3) is 0 Å². The topological polar surface area (TPSA) is 84.2 Å². The summed E-state index contributed by atoms with van der Waals surface area (Å²) >= 11 is 0. The first kappa shape index (κ1) is 11.1. The Labute approximate surface area is 76.0 Å². The molecule has 5 heteroatoms. The van der Waals surface area contributed by atoms with Crippen LogP contribution >= 0.6 is 0 Å². The summed E-state index contributed by atoms with van der Waals surface area (Å²) in [5.74, 6) is 4.17. The van der Waals surface area contributed by atoms with Crippen molar-refractivity contribution in [1.82, 2.24) is 10.7 Å². The Balaban J connectivity index is 4.39. The number of carbonyl (C=O) groups excluding carboxylic acids is 2. The second kappa shape index (κ2) is 5.73. The number of rotatable bonds is 3. The molecule has 0 saturated heterocycles. The summed E-state index contributed by atoms with van der Waals surface area (Å²) in [6.45, 7) is 6.79. The van der Waals surface area contributed by atoms with Gasteiger partial charge in [0, 0.05) is 5.57 Å². The number of hydrogen-bond acceptors (Lipinski definition) is 3. The third kappa shape index (κ3) is 3.88. The highest BCUT2D eigenvalue weighted by Crippen LogP contribution is 1.95. The fourth-order valence-electron chi connectivity index (χ4n) is 0.575. The minimum absolute atomic E-state index is 0.235. The third-order valence-electron chi connectivity index (χ3n) is 1.14. The van der Waals surface area contributed by atoms with E-state index in [2.05, 4.69) is 13.2 Å². The van der Waals surface area contributed by atoms with Crippen LogP contribution in [-0.4, -0.2) is 11.9 Å². The van der Waals surface area contributed by atoms with Crippen LogP contribution in [0.4, 0.5) is 4.79 Å². The maximum atomic E-state index is 11.1. The van der Waals surface area contributed by atoms with E-state index in [1.165, 1.54) is 18.2 Å². The Hall–Kier alpha value is -1.88. The van der Waals surface area contributed by atoms with Crippen LogP contribution in [0.1, 0.15) is 0 Å². The van der Waals surface area contributed by atoms with E-state index in [1.807, 2.05) is 5.32 Å². The molecule has 4 N–H and O–H groups in total. The second-order valence-electron chi connectivity index (χ2n) is 1.99. The molecule has 0 rings (SSSR count). The number of hydrazine groups is 1. The summed E-state index contributed by atoms with van der Waals surface area (Å²) in [4.78, 5) is 21.7. The SMILES string of the molecule is C=C/C=C(\C=C)C(=O)NC(=O)NN. The lowest BCUT2D eigenvalue weighted by Crippen LogP contribution is -2.43. The van der Waals surface area contributed by atoms with Gasteiger partial charge in [-0.15, -0.1) is 0 Å². The van der Waals surface area contributed by atoms with E-state index >= 15 is 0 Å². The lowest BCUT2D eigenvalue weighted by Gasteiger charge is -2.02. The highest BCUT2D eigenvalue weighted by atomic mass is 16.2. The first-order chi connectivity index (χ1) is 6.15. The largest absolute Gasteiger partial charge is 0.335 e. The summed E-state index contributed by atoms with van der Waals surface area (Å²) in [7, 11) is 0. The van der Waals surface area contributed by atoms with Gasteiger partial charge in [-0.2, -0.15) is 0 Å². The van der Waals surface area contributed by atoms with E-state index < -0.39 is 11.9 Å². The second-order valence-corrected chi connectivity index (χ2v) is 1.99. The number of carbonyl (C=O) groups is 2. The fraction of sp³-hybridized carbons (Fsp3) is 0. The molecule has 3 amide bonds. The van der Waals surface area contributed by atoms with Crippen molar-refractivity contribution in [3.05, 3.63) is 37.0 Å². The van der Waals surface area contributed by atoms with Gasteiger partial charge in [0.2, 0.25) is 0 Å². The molecule has 13 heavy (non-hydrogen) atoms. The standard InChI is InChI=1S/C8H11N3O2/c1-3-5-6(4-2)7(12)10-8(13)11-9/h3-5H,1-2,9H2,(H2,10,11,12,13)/b6-5+. The summed E-state index contributed by atoms with van der Waals surface area (Å²) in [6.07, 6.45) is 4.14. The van der Waals surface area contributed by atoms with Crippen LogP contribution in [0.5, 0.6) is 0 Å². The van der Waals surface area contributed by atoms with Crippen molar-refractivity contribution in [2.75, 3.05) is 0 Å². The molecule has 0 aromatic heterocycles. The van der Waals surface area contributed by atoms with E-state index in [4.69, 9.17) is 5.84 Å². The quantitative estimate of drug-likeness (QED) is 0.188. The molecule has 0 radical (unpaired) electrons. The predicted octanol–water partition coefficient (Wildman–Crippen LogP) is -0.0157. The smallest absolute Gasteiger partial charge is 0.276 e. The van der Waals surface area contributed by atoms with Gasteiger partial charge in [-0.25, -0.2) is 10.6 Å². The number of nitrogens with two attached hydrogens (primary N) is 1. The zero-order valence-electron chi connectivity index (χ0n) is 7.04. The maximum Gasteiger partial charge on any atom is 0.335 e. The Morgan fingerprint density at radius 3 is 2.31 bits per heavy atom. The third-order valence-corrected chi connectivity index (χ3v) is 1.14. The minimum Gasteiger partial charge on any atom is -0.276 e. The van der Waals surface area contributed by atoms with Crippen molar-refractivity contribution in [2.45, 2.75) is 0 Å². The van der Waals surface area contributed by atoms with Crippen molar-refractivity contribution < 1.29 is 9.59 Å². The summed E-state index contributed by atoms with van der Waals surface area (Å²) < 4.78 is 0. The number of imide groups is 1. The average molecular weight is 181 g/mol. The van der Waals surface area contributed by atoms with E-state index in [0.717, 1.165) is 0 Å². The van der Waals surface area contributed by atoms with Crippen LogP contribution in [-0.2, 0) is 4.79 Å². The highest BCUT2D eigenvalue weighted by Gasteiger charge is 2.07. The Bertz CT molecular complexity index is 269. The normalized spacial score (nSPS) is 10.1. The predicted molar refractivity (Wildman–Crippen MR) is 49.3 cm³/mol. The minimum atomic E-state index is -0.776. The summed E-state index contributed by atoms with van der Waals surface area (Å²) in [6, 6.07) is -0.776. The van der Waals surface area contributed by atoms with E-state index in [1.54, 1.807) is 5.43 Å². The van der Waals surface area contributed by atoms with Crippen LogP contribution in [0.15, 0.2) is 37.0 Å². The maximum absolute atomic E-state index is 11.1. The van der Waals surface area contributed by atoms with Crippen LogP contribution in [0, 0.1) is 0 Å². The zero-order chi connectivity index (χ0) is 10.3. The summed E-state index contributed by atoms with van der Waals surface area (Å²) in [5, 5.41) is 1.96. The molecule has 0 aliphatic heterocycles. The Morgan fingerprint density at radius 2 is 1.92 bits per heavy atom. The lowest BCUT2D eigenvalue weighted by atomic mass is 10.2. The molecule has 5 nitrogen and oxygen atoms in total. The van der Waals surface area contributed by atoms with Gasteiger partial charge in [0.05, 0.1) is 0 Å². The highest BCUT2D eigenvalue weighted by molar-refractivity contribution is 6.05. The number of nitrogens with one attached hydrogen (secondary N) is 2. The monoisotopic (exact) mass is 181 g/mol.